The summed E-state index contributed by atoms with van der Waals surface area (Å²) in [5, 5.41) is 3.60. The first-order valence-electron chi connectivity index (χ1n) is 6.66. The molecule has 4 nitrogen and oxygen atoms in total. The third-order valence-electron chi connectivity index (χ3n) is 2.83. The molecule has 0 radical (unpaired) electrons. The van der Waals surface area contributed by atoms with E-state index in [-0.39, 0.29) is 6.03 Å². The SMILES string of the molecule is CN(Cc1ccc(Br)o1)C(=O)NCCSc1ccc(Cl)cc1. The smallest absolute Gasteiger partial charge is 0.317 e. The van der Waals surface area contributed by atoms with Gasteiger partial charge in [0.05, 0.1) is 6.54 Å². The summed E-state index contributed by atoms with van der Waals surface area (Å²) < 4.78 is 6.04. The monoisotopic (exact) mass is 402 g/mol. The number of rotatable bonds is 6. The molecule has 1 aromatic carbocycles. The van der Waals surface area contributed by atoms with Gasteiger partial charge >= 0.3 is 6.03 Å². The molecule has 2 rings (SSSR count). The molecule has 1 aromatic heterocycles. The minimum absolute atomic E-state index is 0.121. The number of thioether (sulfide) groups is 1. The lowest BCUT2D eigenvalue weighted by atomic mass is 10.4. The van der Waals surface area contributed by atoms with Crippen LogP contribution in [0, 0.1) is 0 Å². The predicted molar refractivity (Wildman–Crippen MR) is 93.4 cm³/mol. The van der Waals surface area contributed by atoms with Gasteiger partial charge in [0.1, 0.15) is 5.76 Å². The van der Waals surface area contributed by atoms with E-state index in [2.05, 4.69) is 21.2 Å². The van der Waals surface area contributed by atoms with Crippen molar-refractivity contribution in [1.82, 2.24) is 10.2 Å². The Balaban J connectivity index is 1.67. The maximum atomic E-state index is 11.9. The molecular formula is C15H16BrClN2O2S. The van der Waals surface area contributed by atoms with Gasteiger partial charge in [-0.3, -0.25) is 0 Å². The molecule has 0 spiro atoms. The highest BCUT2D eigenvalue weighted by Crippen LogP contribution is 2.19. The molecule has 2 aromatic rings. The summed E-state index contributed by atoms with van der Waals surface area (Å²) >= 11 is 10.7. The van der Waals surface area contributed by atoms with Gasteiger partial charge in [-0.25, -0.2) is 4.79 Å². The number of hydrogen-bond donors (Lipinski definition) is 1. The average Bonchev–Trinajstić information content (AvgIpc) is 2.90. The zero-order chi connectivity index (χ0) is 15.9. The Hall–Kier alpha value is -1.11. The lowest BCUT2D eigenvalue weighted by Gasteiger charge is -2.16. The number of carbonyl (C=O) groups excluding carboxylic acids is 1. The number of nitrogens with zero attached hydrogens (tertiary/aromatic N) is 1. The summed E-state index contributed by atoms with van der Waals surface area (Å²) in [6.07, 6.45) is 0. The summed E-state index contributed by atoms with van der Waals surface area (Å²) in [7, 11) is 1.73. The number of urea groups is 1. The molecule has 1 heterocycles. The molecule has 0 fully saturated rings. The normalized spacial score (nSPS) is 10.5. The van der Waals surface area contributed by atoms with Gasteiger partial charge in [-0.15, -0.1) is 11.8 Å². The number of halogens is 2. The van der Waals surface area contributed by atoms with Crippen LogP contribution in [-0.2, 0) is 6.54 Å². The van der Waals surface area contributed by atoms with Crippen molar-refractivity contribution in [2.75, 3.05) is 19.3 Å². The standard InChI is InChI=1S/C15H16BrClN2O2S/c1-19(10-12-4-7-14(16)21-12)15(20)18-8-9-22-13-5-2-11(17)3-6-13/h2-7H,8-10H2,1H3,(H,18,20). The highest BCUT2D eigenvalue weighted by molar-refractivity contribution is 9.10. The van der Waals surface area contributed by atoms with E-state index in [1.807, 2.05) is 36.4 Å². The second-order valence-electron chi connectivity index (χ2n) is 4.60. The fourth-order valence-electron chi connectivity index (χ4n) is 1.73. The largest absolute Gasteiger partial charge is 0.452 e. The third kappa shape index (κ3) is 5.59. The Kier molecular flexibility index (Phi) is 6.67. The van der Waals surface area contributed by atoms with Gasteiger partial charge in [-0.05, 0) is 52.3 Å². The van der Waals surface area contributed by atoms with Gasteiger partial charge in [-0.1, -0.05) is 11.6 Å². The molecule has 0 bridgehead atoms. The van der Waals surface area contributed by atoms with Gasteiger partial charge in [-0.2, -0.15) is 0 Å². The number of nitrogens with one attached hydrogen (secondary N) is 1. The molecule has 0 aliphatic rings. The molecule has 0 aliphatic heterocycles. The van der Waals surface area contributed by atoms with E-state index in [1.165, 1.54) is 0 Å². The zero-order valence-electron chi connectivity index (χ0n) is 12.0. The van der Waals surface area contributed by atoms with Crippen molar-refractivity contribution in [3.8, 4) is 0 Å². The molecule has 2 amide bonds. The Labute approximate surface area is 147 Å². The summed E-state index contributed by atoms with van der Waals surface area (Å²) in [5.41, 5.74) is 0. The average molecular weight is 404 g/mol. The Morgan fingerprint density at radius 1 is 1.32 bits per heavy atom. The number of carbonyl (C=O) groups is 1. The van der Waals surface area contributed by atoms with Gasteiger partial charge in [0.15, 0.2) is 4.67 Å². The minimum atomic E-state index is -0.121. The number of amides is 2. The van der Waals surface area contributed by atoms with Crippen molar-refractivity contribution in [2.24, 2.45) is 0 Å². The van der Waals surface area contributed by atoms with E-state index < -0.39 is 0 Å². The van der Waals surface area contributed by atoms with Crippen LogP contribution < -0.4 is 5.32 Å². The van der Waals surface area contributed by atoms with E-state index >= 15 is 0 Å². The third-order valence-corrected chi connectivity index (χ3v) is 4.52. The van der Waals surface area contributed by atoms with Crippen LogP contribution in [0.3, 0.4) is 0 Å². The zero-order valence-corrected chi connectivity index (χ0v) is 15.2. The Morgan fingerprint density at radius 2 is 2.05 bits per heavy atom. The predicted octanol–water partition coefficient (Wildman–Crippen LogP) is 4.63. The lowest BCUT2D eigenvalue weighted by Crippen LogP contribution is -2.37. The maximum Gasteiger partial charge on any atom is 0.317 e. The van der Waals surface area contributed by atoms with Crippen molar-refractivity contribution in [3.63, 3.8) is 0 Å². The van der Waals surface area contributed by atoms with Crippen LogP contribution in [0.15, 0.2) is 50.4 Å². The highest BCUT2D eigenvalue weighted by atomic mass is 79.9. The molecule has 0 saturated carbocycles. The van der Waals surface area contributed by atoms with Gasteiger partial charge in [0, 0.05) is 29.3 Å². The van der Waals surface area contributed by atoms with E-state index in [1.54, 1.807) is 23.7 Å². The van der Waals surface area contributed by atoms with Crippen LogP contribution in [0.4, 0.5) is 4.79 Å². The lowest BCUT2D eigenvalue weighted by molar-refractivity contribution is 0.203. The molecule has 0 atom stereocenters. The summed E-state index contributed by atoms with van der Waals surface area (Å²) in [5.74, 6) is 1.54. The van der Waals surface area contributed by atoms with Gasteiger partial charge in [0.2, 0.25) is 0 Å². The number of hydrogen-bond acceptors (Lipinski definition) is 3. The van der Waals surface area contributed by atoms with E-state index in [4.69, 9.17) is 16.0 Å². The fourth-order valence-corrected chi connectivity index (χ4v) is 2.97. The van der Waals surface area contributed by atoms with Crippen LogP contribution in [0.25, 0.3) is 0 Å². The van der Waals surface area contributed by atoms with Gasteiger partial charge in [0.25, 0.3) is 0 Å². The fraction of sp³-hybridized carbons (Fsp3) is 0.267. The molecule has 118 valence electrons. The van der Waals surface area contributed by atoms with Crippen LogP contribution in [0.1, 0.15) is 5.76 Å². The summed E-state index contributed by atoms with van der Waals surface area (Å²) in [6.45, 7) is 1.03. The maximum absolute atomic E-state index is 11.9. The second kappa shape index (κ2) is 8.50. The van der Waals surface area contributed by atoms with E-state index in [0.717, 1.165) is 21.4 Å². The van der Waals surface area contributed by atoms with Crippen LogP contribution in [0.5, 0.6) is 0 Å². The first kappa shape index (κ1) is 17.2. The summed E-state index contributed by atoms with van der Waals surface area (Å²) in [4.78, 5) is 14.7. The number of benzene rings is 1. The Bertz CT molecular complexity index is 618. The number of furan rings is 1. The molecule has 0 aliphatic carbocycles. The van der Waals surface area contributed by atoms with Crippen molar-refractivity contribution < 1.29 is 9.21 Å². The second-order valence-corrected chi connectivity index (χ2v) is 6.98. The van der Waals surface area contributed by atoms with Crippen molar-refractivity contribution in [3.05, 3.63) is 51.9 Å². The van der Waals surface area contributed by atoms with Crippen molar-refractivity contribution in [1.29, 1.82) is 0 Å². The van der Waals surface area contributed by atoms with Crippen LogP contribution in [0.2, 0.25) is 5.02 Å². The summed E-state index contributed by atoms with van der Waals surface area (Å²) in [6, 6.07) is 11.2. The van der Waals surface area contributed by atoms with E-state index in [0.29, 0.717) is 17.8 Å². The van der Waals surface area contributed by atoms with Crippen molar-refractivity contribution in [2.45, 2.75) is 11.4 Å². The highest BCUT2D eigenvalue weighted by Gasteiger charge is 2.10. The van der Waals surface area contributed by atoms with Crippen molar-refractivity contribution >= 4 is 45.3 Å². The molecule has 22 heavy (non-hydrogen) atoms. The van der Waals surface area contributed by atoms with Gasteiger partial charge < -0.3 is 14.6 Å². The molecule has 7 heteroatoms. The Morgan fingerprint density at radius 3 is 2.68 bits per heavy atom. The van der Waals surface area contributed by atoms with Crippen LogP contribution >= 0.6 is 39.3 Å². The topological polar surface area (TPSA) is 45.5 Å². The molecular weight excluding hydrogens is 388 g/mol. The first-order chi connectivity index (χ1) is 10.5. The molecule has 0 unspecified atom stereocenters. The molecule has 0 saturated heterocycles. The molecule has 1 N–H and O–H groups in total. The minimum Gasteiger partial charge on any atom is -0.452 e. The quantitative estimate of drug-likeness (QED) is 0.565. The van der Waals surface area contributed by atoms with Crippen LogP contribution in [-0.4, -0.2) is 30.3 Å². The first-order valence-corrected chi connectivity index (χ1v) is 8.82. The van der Waals surface area contributed by atoms with E-state index in [9.17, 15) is 4.79 Å².